The van der Waals surface area contributed by atoms with E-state index < -0.39 is 5.54 Å². The van der Waals surface area contributed by atoms with Crippen molar-refractivity contribution in [3.8, 4) is 0 Å². The van der Waals surface area contributed by atoms with Crippen LogP contribution in [0.15, 0.2) is 0 Å². The number of methoxy groups -OCH3 is 1. The lowest BCUT2D eigenvalue weighted by atomic mass is 9.71. The van der Waals surface area contributed by atoms with E-state index in [0.717, 1.165) is 19.3 Å². The van der Waals surface area contributed by atoms with E-state index in [-0.39, 0.29) is 5.97 Å². The molecule has 2 rings (SSSR count). The maximum absolute atomic E-state index is 12.4. The summed E-state index contributed by atoms with van der Waals surface area (Å²) in [6.07, 6.45) is 10.6. The fourth-order valence-electron chi connectivity index (χ4n) is 4.10. The molecule has 2 atom stereocenters. The number of hydrogen-bond donors (Lipinski definition) is 1. The van der Waals surface area contributed by atoms with Crippen LogP contribution in [0.2, 0.25) is 0 Å². The number of esters is 1. The zero-order chi connectivity index (χ0) is 14.6. The Bertz CT molecular complexity index is 323. The minimum atomic E-state index is -0.413. The Balaban J connectivity index is 2.10. The number of hydrogen-bond acceptors (Lipinski definition) is 3. The van der Waals surface area contributed by atoms with E-state index in [2.05, 4.69) is 19.2 Å². The molecule has 0 aromatic rings. The van der Waals surface area contributed by atoms with Gasteiger partial charge in [-0.2, -0.15) is 0 Å². The molecule has 0 aromatic carbocycles. The molecule has 0 aliphatic heterocycles. The van der Waals surface area contributed by atoms with Gasteiger partial charge in [-0.1, -0.05) is 46.0 Å². The minimum Gasteiger partial charge on any atom is -0.468 e. The van der Waals surface area contributed by atoms with Crippen LogP contribution in [0.1, 0.15) is 71.6 Å². The highest BCUT2D eigenvalue weighted by atomic mass is 16.5. The van der Waals surface area contributed by atoms with Gasteiger partial charge in [0.05, 0.1) is 7.11 Å². The van der Waals surface area contributed by atoms with Crippen molar-refractivity contribution in [2.24, 2.45) is 11.8 Å². The molecule has 2 aliphatic rings. The van der Waals surface area contributed by atoms with Crippen LogP contribution in [0.5, 0.6) is 0 Å². The second kappa shape index (κ2) is 6.93. The SMILES string of the molecule is COC(=O)C1(NC2CCCCC2)CCCC(C(C)C)C1. The van der Waals surface area contributed by atoms with Gasteiger partial charge in [0.2, 0.25) is 0 Å². The standard InChI is InChI=1S/C17H31NO2/c1-13(2)14-8-7-11-17(12-14,16(19)20-3)18-15-9-5-4-6-10-15/h13-15,18H,4-12H2,1-3H3. The van der Waals surface area contributed by atoms with Crippen molar-refractivity contribution in [3.63, 3.8) is 0 Å². The molecule has 0 aromatic heterocycles. The maximum atomic E-state index is 12.4. The summed E-state index contributed by atoms with van der Waals surface area (Å²) in [6.45, 7) is 4.55. The van der Waals surface area contributed by atoms with E-state index >= 15 is 0 Å². The van der Waals surface area contributed by atoms with Gasteiger partial charge in [-0.05, 0) is 37.5 Å². The highest BCUT2D eigenvalue weighted by Gasteiger charge is 2.45. The monoisotopic (exact) mass is 281 g/mol. The first kappa shape index (κ1) is 15.8. The first-order chi connectivity index (χ1) is 9.57. The average Bonchev–Trinajstić information content (AvgIpc) is 2.47. The van der Waals surface area contributed by atoms with Gasteiger partial charge in [0, 0.05) is 6.04 Å². The van der Waals surface area contributed by atoms with Crippen molar-refractivity contribution in [1.82, 2.24) is 5.32 Å². The van der Waals surface area contributed by atoms with Crippen LogP contribution in [0, 0.1) is 11.8 Å². The molecule has 2 aliphatic carbocycles. The molecule has 20 heavy (non-hydrogen) atoms. The van der Waals surface area contributed by atoms with Gasteiger partial charge in [-0.25, -0.2) is 0 Å². The molecule has 0 radical (unpaired) electrons. The zero-order valence-electron chi connectivity index (χ0n) is 13.4. The molecule has 2 saturated carbocycles. The van der Waals surface area contributed by atoms with Crippen molar-refractivity contribution in [2.75, 3.05) is 7.11 Å². The number of nitrogens with one attached hydrogen (secondary N) is 1. The summed E-state index contributed by atoms with van der Waals surface area (Å²) < 4.78 is 5.16. The van der Waals surface area contributed by atoms with Crippen LogP contribution in [0.25, 0.3) is 0 Å². The molecule has 116 valence electrons. The third-order valence-corrected chi connectivity index (χ3v) is 5.39. The summed E-state index contributed by atoms with van der Waals surface area (Å²) in [5, 5.41) is 3.73. The Morgan fingerprint density at radius 2 is 1.85 bits per heavy atom. The van der Waals surface area contributed by atoms with E-state index in [1.807, 2.05) is 0 Å². The zero-order valence-corrected chi connectivity index (χ0v) is 13.4. The first-order valence-electron chi connectivity index (χ1n) is 8.43. The quantitative estimate of drug-likeness (QED) is 0.799. The van der Waals surface area contributed by atoms with Crippen molar-refractivity contribution < 1.29 is 9.53 Å². The Kier molecular flexibility index (Phi) is 5.48. The predicted octanol–water partition coefficient (Wildman–Crippen LogP) is 3.67. The molecule has 1 N–H and O–H groups in total. The smallest absolute Gasteiger partial charge is 0.326 e. The molecule has 2 fully saturated rings. The second-order valence-corrected chi connectivity index (χ2v) is 7.15. The van der Waals surface area contributed by atoms with Crippen LogP contribution in [0.3, 0.4) is 0 Å². The van der Waals surface area contributed by atoms with Crippen LogP contribution in [0.4, 0.5) is 0 Å². The van der Waals surface area contributed by atoms with E-state index in [4.69, 9.17) is 4.74 Å². The summed E-state index contributed by atoms with van der Waals surface area (Å²) in [5.74, 6) is 1.25. The largest absolute Gasteiger partial charge is 0.468 e. The maximum Gasteiger partial charge on any atom is 0.326 e. The van der Waals surface area contributed by atoms with E-state index in [0.29, 0.717) is 17.9 Å². The number of rotatable bonds is 4. The second-order valence-electron chi connectivity index (χ2n) is 7.15. The average molecular weight is 281 g/mol. The highest BCUT2D eigenvalue weighted by molar-refractivity contribution is 5.81. The van der Waals surface area contributed by atoms with Crippen LogP contribution in [-0.4, -0.2) is 24.7 Å². The third kappa shape index (κ3) is 3.55. The Labute approximate surface area is 123 Å². The van der Waals surface area contributed by atoms with E-state index in [9.17, 15) is 4.79 Å². The molecule has 3 nitrogen and oxygen atoms in total. The Morgan fingerprint density at radius 1 is 1.15 bits per heavy atom. The fourth-order valence-corrected chi connectivity index (χ4v) is 4.10. The molecule has 0 amide bonds. The molecule has 0 spiro atoms. The van der Waals surface area contributed by atoms with Crippen molar-refractivity contribution in [2.45, 2.75) is 83.2 Å². The third-order valence-electron chi connectivity index (χ3n) is 5.39. The van der Waals surface area contributed by atoms with Crippen molar-refractivity contribution in [1.29, 1.82) is 0 Å². The van der Waals surface area contributed by atoms with Gasteiger partial charge in [0.25, 0.3) is 0 Å². The van der Waals surface area contributed by atoms with Gasteiger partial charge in [-0.15, -0.1) is 0 Å². The van der Waals surface area contributed by atoms with Gasteiger partial charge in [-0.3, -0.25) is 10.1 Å². The number of carbonyl (C=O) groups excluding carboxylic acids is 1. The van der Waals surface area contributed by atoms with E-state index in [1.54, 1.807) is 0 Å². The molecular formula is C17H31NO2. The van der Waals surface area contributed by atoms with Crippen LogP contribution >= 0.6 is 0 Å². The van der Waals surface area contributed by atoms with Crippen LogP contribution in [-0.2, 0) is 9.53 Å². The number of carbonyl (C=O) groups is 1. The highest BCUT2D eigenvalue weighted by Crippen LogP contribution is 2.38. The molecule has 0 heterocycles. The normalized spacial score (nSPS) is 32.3. The van der Waals surface area contributed by atoms with Crippen molar-refractivity contribution >= 4 is 5.97 Å². The minimum absolute atomic E-state index is 0.0339. The van der Waals surface area contributed by atoms with Gasteiger partial charge in [0.15, 0.2) is 0 Å². The van der Waals surface area contributed by atoms with Crippen molar-refractivity contribution in [3.05, 3.63) is 0 Å². The van der Waals surface area contributed by atoms with Gasteiger partial charge >= 0.3 is 5.97 Å². The topological polar surface area (TPSA) is 38.3 Å². The lowest BCUT2D eigenvalue weighted by Gasteiger charge is -2.43. The van der Waals surface area contributed by atoms with E-state index in [1.165, 1.54) is 45.6 Å². The summed E-state index contributed by atoms with van der Waals surface area (Å²) in [7, 11) is 1.53. The van der Waals surface area contributed by atoms with Crippen LogP contribution < -0.4 is 5.32 Å². The molecule has 0 saturated heterocycles. The summed E-state index contributed by atoms with van der Waals surface area (Å²) >= 11 is 0. The fraction of sp³-hybridized carbons (Fsp3) is 0.941. The summed E-state index contributed by atoms with van der Waals surface area (Å²) in [6, 6.07) is 0.508. The molecule has 3 heteroatoms. The lowest BCUT2D eigenvalue weighted by Crippen LogP contribution is -2.59. The van der Waals surface area contributed by atoms with Gasteiger partial charge in [0.1, 0.15) is 5.54 Å². The molecule has 2 unspecified atom stereocenters. The molecular weight excluding hydrogens is 250 g/mol. The summed E-state index contributed by atoms with van der Waals surface area (Å²) in [4.78, 5) is 12.4. The Morgan fingerprint density at radius 3 is 2.45 bits per heavy atom. The number of ether oxygens (including phenoxy) is 1. The summed E-state index contributed by atoms with van der Waals surface area (Å²) in [5.41, 5.74) is -0.413. The Hall–Kier alpha value is -0.570. The first-order valence-corrected chi connectivity index (χ1v) is 8.43. The predicted molar refractivity (Wildman–Crippen MR) is 81.6 cm³/mol. The molecule has 0 bridgehead atoms. The lowest BCUT2D eigenvalue weighted by molar-refractivity contribution is -0.152. The van der Waals surface area contributed by atoms with Gasteiger partial charge < -0.3 is 4.74 Å².